The van der Waals surface area contributed by atoms with Gasteiger partial charge < -0.3 is 24.0 Å². The van der Waals surface area contributed by atoms with Gasteiger partial charge in [-0.05, 0) is 30.9 Å². The Labute approximate surface area is 182 Å². The van der Waals surface area contributed by atoms with E-state index < -0.39 is 0 Å². The summed E-state index contributed by atoms with van der Waals surface area (Å²) in [6, 6.07) is 11.6. The summed E-state index contributed by atoms with van der Waals surface area (Å²) in [5, 5.41) is 0. The van der Waals surface area contributed by atoms with Crippen molar-refractivity contribution in [1.82, 2.24) is 4.90 Å². The zero-order valence-corrected chi connectivity index (χ0v) is 18.2. The molecule has 4 rings (SSSR count). The van der Waals surface area contributed by atoms with Crippen LogP contribution < -0.4 is 19.1 Å². The number of likely N-dealkylation sites (tertiary alicyclic amines) is 1. The van der Waals surface area contributed by atoms with Crippen LogP contribution >= 0.6 is 0 Å². The smallest absolute Gasteiger partial charge is 0.261 e. The fourth-order valence-corrected chi connectivity index (χ4v) is 4.56. The Morgan fingerprint density at radius 1 is 0.935 bits per heavy atom. The van der Waals surface area contributed by atoms with E-state index in [2.05, 4.69) is 6.07 Å². The zero-order valence-electron chi connectivity index (χ0n) is 18.2. The van der Waals surface area contributed by atoms with E-state index in [0.717, 1.165) is 24.9 Å². The molecule has 2 heterocycles. The second-order valence-corrected chi connectivity index (χ2v) is 7.82. The zero-order chi connectivity index (χ0) is 22.0. The topological polar surface area (TPSA) is 68.3 Å². The van der Waals surface area contributed by atoms with Crippen molar-refractivity contribution in [2.75, 3.05) is 39.3 Å². The molecule has 31 heavy (non-hydrogen) atoms. The maximum atomic E-state index is 13.3. The summed E-state index contributed by atoms with van der Waals surface area (Å²) in [5.41, 5.74) is 2.62. The fraction of sp³-hybridized carbons (Fsp3) is 0.417. The lowest BCUT2D eigenvalue weighted by molar-refractivity contribution is -0.119. The number of hydrogen-bond acceptors (Lipinski definition) is 5. The number of amides is 2. The lowest BCUT2D eigenvalue weighted by Crippen LogP contribution is -2.50. The predicted molar refractivity (Wildman–Crippen MR) is 117 cm³/mol. The minimum atomic E-state index is -0.139. The van der Waals surface area contributed by atoms with Crippen molar-refractivity contribution in [2.45, 2.75) is 31.7 Å². The number of rotatable bonds is 5. The van der Waals surface area contributed by atoms with Crippen molar-refractivity contribution >= 4 is 17.5 Å². The number of anilines is 1. The summed E-state index contributed by atoms with van der Waals surface area (Å²) >= 11 is 0. The lowest BCUT2D eigenvalue weighted by atomic mass is 9.95. The van der Waals surface area contributed by atoms with Gasteiger partial charge in [0, 0.05) is 43.4 Å². The van der Waals surface area contributed by atoms with Gasteiger partial charge in [0.05, 0.1) is 21.3 Å². The first-order valence-corrected chi connectivity index (χ1v) is 10.6. The number of carbonyl (C=O) groups excluding carboxylic acids is 2. The highest BCUT2D eigenvalue weighted by atomic mass is 16.5. The van der Waals surface area contributed by atoms with E-state index in [-0.39, 0.29) is 17.9 Å². The Morgan fingerprint density at radius 2 is 1.58 bits per heavy atom. The number of para-hydroxylation sites is 1. The van der Waals surface area contributed by atoms with Gasteiger partial charge in [-0.3, -0.25) is 9.59 Å². The van der Waals surface area contributed by atoms with Crippen LogP contribution in [0.4, 0.5) is 5.69 Å². The minimum absolute atomic E-state index is 0.0951. The third-order valence-electron chi connectivity index (χ3n) is 6.17. The van der Waals surface area contributed by atoms with Gasteiger partial charge in [0.2, 0.25) is 5.91 Å². The van der Waals surface area contributed by atoms with E-state index >= 15 is 0 Å². The molecule has 7 nitrogen and oxygen atoms in total. The Hall–Kier alpha value is -3.22. The number of aryl methyl sites for hydroxylation is 1. The van der Waals surface area contributed by atoms with Crippen LogP contribution in [0.25, 0.3) is 0 Å². The Balaban J connectivity index is 1.52. The van der Waals surface area contributed by atoms with Gasteiger partial charge >= 0.3 is 0 Å². The molecule has 0 saturated carbocycles. The molecule has 0 N–H and O–H groups in total. The minimum Gasteiger partial charge on any atom is -0.496 e. The molecule has 2 amide bonds. The molecule has 0 unspecified atom stereocenters. The van der Waals surface area contributed by atoms with Crippen LogP contribution in [-0.2, 0) is 11.2 Å². The molecule has 7 heteroatoms. The highest BCUT2D eigenvalue weighted by Gasteiger charge is 2.35. The lowest BCUT2D eigenvalue weighted by Gasteiger charge is -2.41. The molecule has 0 aromatic heterocycles. The second kappa shape index (κ2) is 8.88. The highest BCUT2D eigenvalue weighted by molar-refractivity contribution is 6.00. The van der Waals surface area contributed by atoms with Crippen molar-refractivity contribution in [2.24, 2.45) is 0 Å². The van der Waals surface area contributed by atoms with Gasteiger partial charge in [-0.1, -0.05) is 18.2 Å². The normalized spacial score (nSPS) is 16.7. The van der Waals surface area contributed by atoms with Gasteiger partial charge in [-0.15, -0.1) is 0 Å². The largest absolute Gasteiger partial charge is 0.496 e. The molecule has 2 aromatic rings. The third-order valence-corrected chi connectivity index (χ3v) is 6.17. The molecule has 0 spiro atoms. The molecule has 164 valence electrons. The van der Waals surface area contributed by atoms with Gasteiger partial charge in [0.15, 0.2) is 0 Å². The molecule has 2 aromatic carbocycles. The van der Waals surface area contributed by atoms with Crippen LogP contribution in [0.5, 0.6) is 17.2 Å². The molecule has 1 saturated heterocycles. The van der Waals surface area contributed by atoms with Gasteiger partial charge in [-0.25, -0.2) is 0 Å². The molecule has 0 radical (unpaired) electrons. The van der Waals surface area contributed by atoms with Crippen LogP contribution in [0, 0.1) is 0 Å². The third kappa shape index (κ3) is 3.92. The van der Waals surface area contributed by atoms with E-state index in [1.165, 1.54) is 19.8 Å². The average molecular weight is 424 g/mol. The fourth-order valence-electron chi connectivity index (χ4n) is 4.56. The van der Waals surface area contributed by atoms with Crippen LogP contribution in [-0.4, -0.2) is 57.2 Å². The quantitative estimate of drug-likeness (QED) is 0.737. The van der Waals surface area contributed by atoms with Gasteiger partial charge in [0.1, 0.15) is 22.8 Å². The molecule has 0 atom stereocenters. The van der Waals surface area contributed by atoms with E-state index in [9.17, 15) is 9.59 Å². The molecular weight excluding hydrogens is 396 g/mol. The number of ether oxygens (including phenoxy) is 3. The molecule has 0 aliphatic carbocycles. The SMILES string of the molecule is COc1cc(OC)c(C(=O)N2CCC(N3C(=O)CCc4ccccc43)CC2)c(OC)c1. The molecule has 1 fully saturated rings. The maximum absolute atomic E-state index is 13.3. The average Bonchev–Trinajstić information content (AvgIpc) is 2.82. The van der Waals surface area contributed by atoms with Crippen molar-refractivity contribution in [1.29, 1.82) is 0 Å². The predicted octanol–water partition coefficient (Wildman–Crippen LogP) is 3.30. The summed E-state index contributed by atoms with van der Waals surface area (Å²) in [4.78, 5) is 29.8. The summed E-state index contributed by atoms with van der Waals surface area (Å²) in [5.74, 6) is 1.43. The van der Waals surface area contributed by atoms with Crippen LogP contribution in [0.15, 0.2) is 36.4 Å². The van der Waals surface area contributed by atoms with Crippen molar-refractivity contribution < 1.29 is 23.8 Å². The Morgan fingerprint density at radius 3 is 2.19 bits per heavy atom. The van der Waals surface area contributed by atoms with E-state index in [0.29, 0.717) is 42.3 Å². The van der Waals surface area contributed by atoms with Crippen LogP contribution in [0.2, 0.25) is 0 Å². The summed E-state index contributed by atoms with van der Waals surface area (Å²) in [6.07, 6.45) is 2.79. The van der Waals surface area contributed by atoms with Crippen molar-refractivity contribution in [3.8, 4) is 17.2 Å². The second-order valence-electron chi connectivity index (χ2n) is 7.82. The van der Waals surface area contributed by atoms with E-state index in [4.69, 9.17) is 14.2 Å². The van der Waals surface area contributed by atoms with Crippen molar-refractivity contribution in [3.63, 3.8) is 0 Å². The van der Waals surface area contributed by atoms with Gasteiger partial charge in [0.25, 0.3) is 5.91 Å². The molecule has 2 aliphatic heterocycles. The molecule has 2 aliphatic rings. The highest BCUT2D eigenvalue weighted by Crippen LogP contribution is 2.36. The number of piperidine rings is 1. The number of fused-ring (bicyclic) bond motifs is 1. The first kappa shape index (κ1) is 21.0. The van der Waals surface area contributed by atoms with Crippen LogP contribution in [0.1, 0.15) is 35.2 Å². The Kier molecular flexibility index (Phi) is 6.02. The number of carbonyl (C=O) groups is 2. The number of benzene rings is 2. The van der Waals surface area contributed by atoms with E-state index in [1.54, 1.807) is 19.2 Å². The first-order chi connectivity index (χ1) is 15.1. The maximum Gasteiger partial charge on any atom is 0.261 e. The number of methoxy groups -OCH3 is 3. The van der Waals surface area contributed by atoms with Crippen LogP contribution in [0.3, 0.4) is 0 Å². The van der Waals surface area contributed by atoms with Crippen molar-refractivity contribution in [3.05, 3.63) is 47.5 Å². The first-order valence-electron chi connectivity index (χ1n) is 10.6. The standard InChI is InChI=1S/C24H28N2O5/c1-29-18-14-20(30-2)23(21(15-18)31-3)24(28)25-12-10-17(11-13-25)26-19-7-5-4-6-16(19)8-9-22(26)27/h4-7,14-15,17H,8-13H2,1-3H3. The van der Waals surface area contributed by atoms with Gasteiger partial charge in [-0.2, -0.15) is 0 Å². The summed E-state index contributed by atoms with van der Waals surface area (Å²) in [7, 11) is 4.60. The summed E-state index contributed by atoms with van der Waals surface area (Å²) < 4.78 is 16.2. The molecule has 0 bridgehead atoms. The number of nitrogens with zero attached hydrogens (tertiary/aromatic N) is 2. The monoisotopic (exact) mass is 424 g/mol. The Bertz CT molecular complexity index is 957. The summed E-state index contributed by atoms with van der Waals surface area (Å²) in [6.45, 7) is 1.13. The number of hydrogen-bond donors (Lipinski definition) is 0. The molecular formula is C24H28N2O5. The van der Waals surface area contributed by atoms with E-state index in [1.807, 2.05) is 28.0 Å².